The molecule has 0 atom stereocenters. The van der Waals surface area contributed by atoms with E-state index in [0.29, 0.717) is 47.3 Å². The minimum absolute atomic E-state index is 0.0203. The number of imide groups is 2. The summed E-state index contributed by atoms with van der Waals surface area (Å²) in [5.74, 6) is -0.443. The highest BCUT2D eigenvalue weighted by molar-refractivity contribution is 6.34. The molecule has 16 heteroatoms. The molecule has 7 aromatic rings. The summed E-state index contributed by atoms with van der Waals surface area (Å²) in [4.78, 5) is 53.9. The van der Waals surface area contributed by atoms with Crippen molar-refractivity contribution in [3.8, 4) is 46.0 Å². The lowest BCUT2D eigenvalue weighted by atomic mass is 9.73. The van der Waals surface area contributed by atoms with Crippen LogP contribution in [0.1, 0.15) is 84.5 Å². The van der Waals surface area contributed by atoms with Gasteiger partial charge in [0.05, 0.1) is 27.9 Å². The van der Waals surface area contributed by atoms with Gasteiger partial charge < -0.3 is 18.9 Å². The molecule has 0 aromatic heterocycles. The van der Waals surface area contributed by atoms with E-state index < -0.39 is 52.5 Å². The summed E-state index contributed by atoms with van der Waals surface area (Å²) < 4.78 is 114. The molecular formula is C55H40F6N2O8. The molecule has 0 fully saturated rings. The second kappa shape index (κ2) is 17.5. The first-order chi connectivity index (χ1) is 33.5. The normalized spacial score (nSPS) is 13.9. The van der Waals surface area contributed by atoms with Gasteiger partial charge in [-0.25, -0.2) is 4.90 Å². The van der Waals surface area contributed by atoms with E-state index in [-0.39, 0.29) is 56.4 Å². The predicted molar refractivity (Wildman–Crippen MR) is 249 cm³/mol. The fourth-order valence-corrected chi connectivity index (χ4v) is 8.50. The Balaban J connectivity index is 0.904. The highest BCUT2D eigenvalue weighted by Crippen LogP contribution is 2.56. The fourth-order valence-electron chi connectivity index (χ4n) is 8.50. The highest BCUT2D eigenvalue weighted by Gasteiger charge is 2.72. The Morgan fingerprint density at radius 3 is 1.25 bits per heavy atom. The summed E-state index contributed by atoms with van der Waals surface area (Å²) in [6.07, 6.45) is -11.8. The molecule has 0 saturated carbocycles. The Labute approximate surface area is 402 Å². The second-order valence-electron chi connectivity index (χ2n) is 17.9. The SMILES string of the molecule is Cc1ccc(Oc2ccc(Oc3ccc(N4C(=O)c5ccc(Oc6ccc(C(c7ccc(Oc8ccc9c(c8)C(=O)N(C)C9=O)cc7)(C(F)(F)F)C(F)(F)F)cc6)cc5C4=O)cc3)c(C(C)(C)C)c2)cc1. The van der Waals surface area contributed by atoms with Crippen LogP contribution < -0.4 is 23.8 Å². The molecule has 360 valence electrons. The number of nitrogens with zero attached hydrogens (tertiary/aromatic N) is 2. The Bertz CT molecular complexity index is 3240. The van der Waals surface area contributed by atoms with Crippen molar-refractivity contribution in [1.82, 2.24) is 4.90 Å². The van der Waals surface area contributed by atoms with E-state index in [4.69, 9.17) is 18.9 Å². The van der Waals surface area contributed by atoms with Crippen molar-refractivity contribution in [2.75, 3.05) is 11.9 Å². The van der Waals surface area contributed by atoms with E-state index in [0.717, 1.165) is 45.2 Å². The van der Waals surface area contributed by atoms with Crippen molar-refractivity contribution in [1.29, 1.82) is 0 Å². The van der Waals surface area contributed by atoms with Crippen molar-refractivity contribution in [3.05, 3.63) is 196 Å². The van der Waals surface area contributed by atoms with Gasteiger partial charge in [0, 0.05) is 12.6 Å². The molecule has 0 N–H and O–H groups in total. The standard InChI is InChI=1S/C55H40F6N2O8/c1-31-6-14-35(15-7-31)70-41-24-27-47(46(30-41)52(2,3)4)71-38-20-12-34(13-21-38)63-50(66)43-26-23-40(29-45(43)51(63)67)69-37-18-10-33(11-19-37)53(54(56,57)58,55(59,60)61)32-8-16-36(17-9-32)68-39-22-25-42-44(28-39)49(65)62(5)48(42)64/h6-30H,1-5H3. The summed E-state index contributed by atoms with van der Waals surface area (Å²) in [7, 11) is 1.29. The van der Waals surface area contributed by atoms with Crippen molar-refractivity contribution >= 4 is 29.3 Å². The average Bonchev–Trinajstić information content (AvgIpc) is 3.69. The van der Waals surface area contributed by atoms with E-state index in [1.165, 1.54) is 43.4 Å². The molecule has 2 heterocycles. The first kappa shape index (κ1) is 47.7. The lowest BCUT2D eigenvalue weighted by Crippen LogP contribution is -2.54. The first-order valence-electron chi connectivity index (χ1n) is 21.9. The van der Waals surface area contributed by atoms with Crippen molar-refractivity contribution < 1.29 is 64.5 Å². The molecule has 9 rings (SSSR count). The Morgan fingerprint density at radius 2 is 0.775 bits per heavy atom. The maximum atomic E-state index is 15.0. The third-order valence-electron chi connectivity index (χ3n) is 12.2. The monoisotopic (exact) mass is 970 g/mol. The first-order valence-corrected chi connectivity index (χ1v) is 21.9. The molecule has 4 amide bonds. The van der Waals surface area contributed by atoms with Gasteiger partial charge in [0.2, 0.25) is 5.41 Å². The number of ether oxygens (including phenoxy) is 4. The van der Waals surface area contributed by atoms with Crippen LogP contribution in [0.15, 0.2) is 152 Å². The summed E-state index contributed by atoms with van der Waals surface area (Å²) in [5.41, 5.74) is -4.80. The van der Waals surface area contributed by atoms with Crippen molar-refractivity contribution in [2.24, 2.45) is 0 Å². The van der Waals surface area contributed by atoms with Crippen LogP contribution in [0.5, 0.6) is 46.0 Å². The van der Waals surface area contributed by atoms with Gasteiger partial charge >= 0.3 is 12.4 Å². The number of alkyl halides is 6. The number of carbonyl (C=O) groups excluding carboxylic acids is 4. The van der Waals surface area contributed by atoms with Gasteiger partial charge in [-0.2, -0.15) is 26.3 Å². The van der Waals surface area contributed by atoms with E-state index in [9.17, 15) is 19.2 Å². The van der Waals surface area contributed by atoms with E-state index in [1.807, 2.05) is 58.0 Å². The quantitative estimate of drug-likeness (QED) is 0.0931. The van der Waals surface area contributed by atoms with Gasteiger partial charge in [0.25, 0.3) is 23.6 Å². The Kier molecular flexibility index (Phi) is 11.8. The summed E-state index contributed by atoms with van der Waals surface area (Å²) in [5, 5.41) is 0. The smallest absolute Gasteiger partial charge is 0.411 e. The summed E-state index contributed by atoms with van der Waals surface area (Å²) in [6.45, 7) is 8.11. The zero-order chi connectivity index (χ0) is 50.8. The van der Waals surface area contributed by atoms with Gasteiger partial charge in [-0.1, -0.05) is 62.7 Å². The largest absolute Gasteiger partial charge is 0.457 e. The number of benzene rings is 7. The van der Waals surface area contributed by atoms with Crippen LogP contribution >= 0.6 is 0 Å². The van der Waals surface area contributed by atoms with Crippen LogP contribution in [-0.4, -0.2) is 47.9 Å². The van der Waals surface area contributed by atoms with Crippen LogP contribution in [-0.2, 0) is 10.8 Å². The highest BCUT2D eigenvalue weighted by atomic mass is 19.4. The third kappa shape index (κ3) is 8.70. The lowest BCUT2D eigenvalue weighted by molar-refractivity contribution is -0.288. The van der Waals surface area contributed by atoms with Gasteiger partial charge in [-0.05, 0) is 139 Å². The number of aryl methyl sites for hydroxylation is 1. The number of carbonyl (C=O) groups is 4. The molecule has 71 heavy (non-hydrogen) atoms. The molecule has 0 bridgehead atoms. The minimum atomic E-state index is -5.90. The van der Waals surface area contributed by atoms with E-state index in [2.05, 4.69) is 0 Å². The zero-order valence-electron chi connectivity index (χ0n) is 38.4. The minimum Gasteiger partial charge on any atom is -0.457 e. The molecule has 0 aliphatic carbocycles. The number of hydrogen-bond donors (Lipinski definition) is 0. The van der Waals surface area contributed by atoms with Gasteiger partial charge in [0.15, 0.2) is 0 Å². The Hall–Kier alpha value is -8.40. The molecule has 0 saturated heterocycles. The number of fused-ring (bicyclic) bond motifs is 2. The predicted octanol–water partition coefficient (Wildman–Crippen LogP) is 13.9. The number of amides is 4. The van der Waals surface area contributed by atoms with Crippen molar-refractivity contribution in [2.45, 2.75) is 50.9 Å². The second-order valence-corrected chi connectivity index (χ2v) is 17.9. The van der Waals surface area contributed by atoms with Crippen LogP contribution in [0.4, 0.5) is 32.0 Å². The van der Waals surface area contributed by atoms with E-state index >= 15 is 26.3 Å². The summed E-state index contributed by atoms with van der Waals surface area (Å²) in [6, 6.07) is 33.8. The number of hydrogen-bond acceptors (Lipinski definition) is 8. The molecule has 2 aliphatic rings. The maximum absolute atomic E-state index is 15.0. The molecule has 0 unspecified atom stereocenters. The van der Waals surface area contributed by atoms with E-state index in [1.54, 1.807) is 36.4 Å². The lowest BCUT2D eigenvalue weighted by Gasteiger charge is -2.38. The summed E-state index contributed by atoms with van der Waals surface area (Å²) >= 11 is 0. The fraction of sp³-hybridized carbons (Fsp3) is 0.164. The topological polar surface area (TPSA) is 112 Å². The van der Waals surface area contributed by atoms with Crippen LogP contribution in [0, 0.1) is 6.92 Å². The van der Waals surface area contributed by atoms with Crippen molar-refractivity contribution in [3.63, 3.8) is 0 Å². The molecule has 10 nitrogen and oxygen atoms in total. The molecule has 2 aliphatic heterocycles. The van der Waals surface area contributed by atoms with Crippen LogP contribution in [0.2, 0.25) is 0 Å². The number of rotatable bonds is 11. The average molecular weight is 971 g/mol. The Morgan fingerprint density at radius 1 is 0.408 bits per heavy atom. The maximum Gasteiger partial charge on any atom is 0.411 e. The van der Waals surface area contributed by atoms with Crippen LogP contribution in [0.3, 0.4) is 0 Å². The number of anilines is 1. The molecular weight excluding hydrogens is 931 g/mol. The van der Waals surface area contributed by atoms with Gasteiger partial charge in [-0.3, -0.25) is 24.1 Å². The third-order valence-corrected chi connectivity index (χ3v) is 12.2. The molecule has 0 radical (unpaired) electrons. The zero-order valence-corrected chi connectivity index (χ0v) is 38.4. The van der Waals surface area contributed by atoms with Crippen LogP contribution in [0.25, 0.3) is 0 Å². The molecule has 0 spiro atoms. The molecule has 7 aromatic carbocycles. The number of halogens is 6. The van der Waals surface area contributed by atoms with Gasteiger partial charge in [-0.15, -0.1) is 0 Å². The van der Waals surface area contributed by atoms with Gasteiger partial charge in [0.1, 0.15) is 46.0 Å².